The summed E-state index contributed by atoms with van der Waals surface area (Å²) in [7, 11) is 1.36. The summed E-state index contributed by atoms with van der Waals surface area (Å²) in [5.41, 5.74) is 1.13. The molecule has 0 heterocycles. The molecular formula is C16H17N3O4. The third kappa shape index (κ3) is 4.19. The van der Waals surface area contributed by atoms with E-state index in [-0.39, 0.29) is 17.3 Å². The average molecular weight is 315 g/mol. The molecule has 0 aliphatic rings. The van der Waals surface area contributed by atoms with Crippen LogP contribution in [0.25, 0.3) is 0 Å². The summed E-state index contributed by atoms with van der Waals surface area (Å²) in [5, 5.41) is 16.6. The van der Waals surface area contributed by atoms with Gasteiger partial charge in [0.15, 0.2) is 5.75 Å². The fourth-order valence-electron chi connectivity index (χ4n) is 2.01. The first kappa shape index (κ1) is 16.3. The molecule has 2 rings (SSSR count). The Labute approximate surface area is 133 Å². The number of carbonyl (C=O) groups excluding carboxylic acids is 1. The number of nitro benzene ring substituents is 1. The highest BCUT2D eigenvalue weighted by molar-refractivity contribution is 5.96. The number of rotatable bonds is 6. The van der Waals surface area contributed by atoms with E-state index in [4.69, 9.17) is 4.74 Å². The molecule has 0 spiro atoms. The van der Waals surface area contributed by atoms with E-state index in [1.165, 1.54) is 25.3 Å². The van der Waals surface area contributed by atoms with E-state index in [0.29, 0.717) is 11.4 Å². The van der Waals surface area contributed by atoms with Crippen LogP contribution in [-0.4, -0.2) is 24.0 Å². The molecule has 0 fully saturated rings. The molecule has 0 bridgehead atoms. The van der Waals surface area contributed by atoms with Gasteiger partial charge >= 0.3 is 5.69 Å². The molecule has 2 N–H and O–H groups in total. The molecule has 7 heteroatoms. The number of carbonyl (C=O) groups is 1. The lowest BCUT2D eigenvalue weighted by atomic mass is 10.2. The maximum atomic E-state index is 12.1. The molecule has 1 atom stereocenters. The summed E-state index contributed by atoms with van der Waals surface area (Å²) in [5.74, 6) is -0.0795. The molecule has 1 amide bonds. The van der Waals surface area contributed by atoms with Crippen LogP contribution >= 0.6 is 0 Å². The zero-order valence-electron chi connectivity index (χ0n) is 12.8. The van der Waals surface area contributed by atoms with Crippen molar-refractivity contribution in [1.29, 1.82) is 0 Å². The Morgan fingerprint density at radius 1 is 1.17 bits per heavy atom. The number of methoxy groups -OCH3 is 1. The van der Waals surface area contributed by atoms with Crippen LogP contribution < -0.4 is 15.4 Å². The van der Waals surface area contributed by atoms with Crippen LogP contribution in [0.4, 0.5) is 17.1 Å². The number of nitro groups is 1. The predicted octanol–water partition coefficient (Wildman–Crippen LogP) is 3.04. The number of hydrogen-bond acceptors (Lipinski definition) is 5. The highest BCUT2D eigenvalue weighted by Crippen LogP contribution is 2.29. The molecule has 0 aromatic heterocycles. The standard InChI is InChI=1S/C16H17N3O4/c1-11(16(20)18-12-6-4-3-5-7-12)17-13-8-9-14(19(21)22)15(10-13)23-2/h3-11,17H,1-2H3,(H,18,20)/t11-/m1/s1. The minimum absolute atomic E-state index is 0.126. The molecule has 0 saturated heterocycles. The van der Waals surface area contributed by atoms with Crippen molar-refractivity contribution in [3.8, 4) is 5.75 Å². The van der Waals surface area contributed by atoms with Gasteiger partial charge in [0, 0.05) is 23.5 Å². The molecule has 0 aliphatic heterocycles. The van der Waals surface area contributed by atoms with Crippen molar-refractivity contribution in [2.24, 2.45) is 0 Å². The van der Waals surface area contributed by atoms with Gasteiger partial charge in [0.05, 0.1) is 12.0 Å². The summed E-state index contributed by atoms with van der Waals surface area (Å²) in [6, 6.07) is 12.9. The van der Waals surface area contributed by atoms with E-state index >= 15 is 0 Å². The minimum atomic E-state index is -0.527. The number of amides is 1. The molecule has 0 aliphatic carbocycles. The Morgan fingerprint density at radius 2 is 1.87 bits per heavy atom. The summed E-state index contributed by atoms with van der Waals surface area (Å²) in [6.07, 6.45) is 0. The van der Waals surface area contributed by atoms with Crippen molar-refractivity contribution in [1.82, 2.24) is 0 Å². The molecule has 0 saturated carbocycles. The van der Waals surface area contributed by atoms with Gasteiger partial charge in [-0.05, 0) is 25.1 Å². The van der Waals surface area contributed by atoms with Gasteiger partial charge in [0.25, 0.3) is 0 Å². The van der Waals surface area contributed by atoms with Crippen LogP contribution in [0.1, 0.15) is 6.92 Å². The van der Waals surface area contributed by atoms with Gasteiger partial charge in [0.2, 0.25) is 5.91 Å². The van der Waals surface area contributed by atoms with Gasteiger partial charge in [-0.25, -0.2) is 0 Å². The average Bonchev–Trinajstić information content (AvgIpc) is 2.55. The summed E-state index contributed by atoms with van der Waals surface area (Å²) in [4.78, 5) is 22.5. The van der Waals surface area contributed by atoms with Crippen LogP contribution in [-0.2, 0) is 4.79 Å². The van der Waals surface area contributed by atoms with E-state index in [1.807, 2.05) is 18.2 Å². The number of ether oxygens (including phenoxy) is 1. The topological polar surface area (TPSA) is 93.5 Å². The number of para-hydroxylation sites is 1. The number of benzene rings is 2. The molecular weight excluding hydrogens is 298 g/mol. The first-order valence-electron chi connectivity index (χ1n) is 6.96. The quantitative estimate of drug-likeness (QED) is 0.631. The Kier molecular flexibility index (Phi) is 5.14. The molecule has 2 aromatic rings. The summed E-state index contributed by atoms with van der Waals surface area (Å²) >= 11 is 0. The van der Waals surface area contributed by atoms with E-state index < -0.39 is 11.0 Å². The van der Waals surface area contributed by atoms with Crippen LogP contribution in [0.2, 0.25) is 0 Å². The largest absolute Gasteiger partial charge is 0.490 e. The van der Waals surface area contributed by atoms with E-state index in [1.54, 1.807) is 19.1 Å². The van der Waals surface area contributed by atoms with Gasteiger partial charge in [0.1, 0.15) is 6.04 Å². The summed E-state index contributed by atoms with van der Waals surface area (Å²) in [6.45, 7) is 1.70. The third-order valence-corrected chi connectivity index (χ3v) is 3.19. The zero-order valence-corrected chi connectivity index (χ0v) is 12.8. The smallest absolute Gasteiger partial charge is 0.311 e. The lowest BCUT2D eigenvalue weighted by molar-refractivity contribution is -0.385. The van der Waals surface area contributed by atoms with Crippen molar-refractivity contribution >= 4 is 23.0 Å². The normalized spacial score (nSPS) is 11.4. The first-order valence-corrected chi connectivity index (χ1v) is 6.96. The van der Waals surface area contributed by atoms with E-state index in [9.17, 15) is 14.9 Å². The monoisotopic (exact) mass is 315 g/mol. The first-order chi connectivity index (χ1) is 11.0. The van der Waals surface area contributed by atoms with Crippen molar-refractivity contribution < 1.29 is 14.5 Å². The Morgan fingerprint density at radius 3 is 2.48 bits per heavy atom. The number of anilines is 2. The van der Waals surface area contributed by atoms with Gasteiger partial charge in [-0.3, -0.25) is 14.9 Å². The number of nitrogens with zero attached hydrogens (tertiary/aromatic N) is 1. The fourth-order valence-corrected chi connectivity index (χ4v) is 2.01. The molecule has 23 heavy (non-hydrogen) atoms. The molecule has 7 nitrogen and oxygen atoms in total. The van der Waals surface area contributed by atoms with Gasteiger partial charge < -0.3 is 15.4 Å². The maximum absolute atomic E-state index is 12.1. The Balaban J connectivity index is 2.06. The second-order valence-corrected chi connectivity index (χ2v) is 4.87. The van der Waals surface area contributed by atoms with Crippen molar-refractivity contribution in [3.63, 3.8) is 0 Å². The lowest BCUT2D eigenvalue weighted by Crippen LogP contribution is -2.31. The van der Waals surface area contributed by atoms with Crippen LogP contribution in [0.5, 0.6) is 5.75 Å². The SMILES string of the molecule is COc1cc(N[C@H](C)C(=O)Nc2ccccc2)ccc1[N+](=O)[O-]. The number of nitrogens with one attached hydrogen (secondary N) is 2. The van der Waals surface area contributed by atoms with Crippen molar-refractivity contribution in [2.45, 2.75) is 13.0 Å². The summed E-state index contributed by atoms with van der Waals surface area (Å²) < 4.78 is 5.00. The third-order valence-electron chi connectivity index (χ3n) is 3.19. The minimum Gasteiger partial charge on any atom is -0.490 e. The molecule has 120 valence electrons. The zero-order chi connectivity index (χ0) is 16.8. The molecule has 2 aromatic carbocycles. The number of hydrogen-bond donors (Lipinski definition) is 2. The highest BCUT2D eigenvalue weighted by Gasteiger charge is 2.17. The van der Waals surface area contributed by atoms with Crippen LogP contribution in [0.15, 0.2) is 48.5 Å². The van der Waals surface area contributed by atoms with Crippen molar-refractivity contribution in [2.75, 3.05) is 17.7 Å². The second-order valence-electron chi connectivity index (χ2n) is 4.87. The molecule has 0 unspecified atom stereocenters. The lowest BCUT2D eigenvalue weighted by Gasteiger charge is -2.16. The van der Waals surface area contributed by atoms with E-state index in [2.05, 4.69) is 10.6 Å². The fraction of sp³-hybridized carbons (Fsp3) is 0.188. The molecule has 0 radical (unpaired) electrons. The van der Waals surface area contributed by atoms with Gasteiger partial charge in [-0.15, -0.1) is 0 Å². The maximum Gasteiger partial charge on any atom is 0.311 e. The highest BCUT2D eigenvalue weighted by atomic mass is 16.6. The van der Waals surface area contributed by atoms with Gasteiger partial charge in [-0.2, -0.15) is 0 Å². The Hall–Kier alpha value is -3.09. The van der Waals surface area contributed by atoms with Crippen LogP contribution in [0, 0.1) is 10.1 Å². The predicted molar refractivity (Wildman–Crippen MR) is 87.8 cm³/mol. The Bertz CT molecular complexity index is 704. The second kappa shape index (κ2) is 7.26. The van der Waals surface area contributed by atoms with Gasteiger partial charge in [-0.1, -0.05) is 18.2 Å². The van der Waals surface area contributed by atoms with E-state index in [0.717, 1.165) is 0 Å². The van der Waals surface area contributed by atoms with Crippen LogP contribution in [0.3, 0.4) is 0 Å². The van der Waals surface area contributed by atoms with Crippen molar-refractivity contribution in [3.05, 3.63) is 58.6 Å².